The van der Waals surface area contributed by atoms with Gasteiger partial charge in [-0.25, -0.2) is 0 Å². The van der Waals surface area contributed by atoms with Crippen LogP contribution in [0, 0.1) is 16.7 Å². The van der Waals surface area contributed by atoms with E-state index in [1.807, 2.05) is 6.07 Å². The Morgan fingerprint density at radius 1 is 1.53 bits per heavy atom. The largest absolute Gasteiger partial charge is 0.397 e. The van der Waals surface area contributed by atoms with Crippen LogP contribution in [0.1, 0.15) is 25.0 Å². The van der Waals surface area contributed by atoms with E-state index in [1.165, 1.54) is 6.21 Å². The second-order valence-corrected chi connectivity index (χ2v) is 5.45. The molecule has 0 atom stereocenters. The normalized spacial score (nSPS) is 17.8. The molecule has 1 aliphatic rings. The van der Waals surface area contributed by atoms with Crippen LogP contribution in [0.15, 0.2) is 12.1 Å². The van der Waals surface area contributed by atoms with Crippen LogP contribution in [-0.2, 0) is 0 Å². The fourth-order valence-electron chi connectivity index (χ4n) is 2.50. The number of piperazine rings is 1. The van der Waals surface area contributed by atoms with Crippen molar-refractivity contribution in [2.24, 2.45) is 0 Å². The molecule has 2 rings (SSSR count). The molecule has 5 nitrogen and oxygen atoms in total. The zero-order valence-electron chi connectivity index (χ0n) is 11.3. The number of nitrogen functional groups attached to an aromatic ring is 1. The summed E-state index contributed by atoms with van der Waals surface area (Å²) in [6.07, 6.45) is 1.24. The number of anilines is 2. The molecule has 0 spiro atoms. The summed E-state index contributed by atoms with van der Waals surface area (Å²) in [5, 5.41) is 20.0. The highest BCUT2D eigenvalue weighted by Crippen LogP contribution is 2.29. The molecule has 100 valence electrons. The van der Waals surface area contributed by atoms with Crippen LogP contribution in [0.4, 0.5) is 11.4 Å². The Morgan fingerprint density at radius 3 is 2.84 bits per heavy atom. The van der Waals surface area contributed by atoms with E-state index in [1.54, 1.807) is 6.07 Å². The summed E-state index contributed by atoms with van der Waals surface area (Å²) >= 11 is 0. The zero-order chi connectivity index (χ0) is 14.0. The van der Waals surface area contributed by atoms with E-state index in [-0.39, 0.29) is 5.54 Å². The molecule has 19 heavy (non-hydrogen) atoms. The molecule has 1 aromatic rings. The van der Waals surface area contributed by atoms with E-state index < -0.39 is 0 Å². The Kier molecular flexibility index (Phi) is 3.45. The van der Waals surface area contributed by atoms with Crippen LogP contribution in [0.3, 0.4) is 0 Å². The van der Waals surface area contributed by atoms with Crippen molar-refractivity contribution in [1.82, 2.24) is 5.32 Å². The fourth-order valence-corrected chi connectivity index (χ4v) is 2.50. The maximum absolute atomic E-state index is 8.99. The number of rotatable bonds is 2. The van der Waals surface area contributed by atoms with Gasteiger partial charge in [0, 0.05) is 42.6 Å². The predicted molar refractivity (Wildman–Crippen MR) is 77.7 cm³/mol. The number of nitriles is 1. The van der Waals surface area contributed by atoms with Gasteiger partial charge in [0.05, 0.1) is 11.3 Å². The van der Waals surface area contributed by atoms with Gasteiger partial charge in [-0.2, -0.15) is 5.26 Å². The number of hydrogen-bond donors (Lipinski definition) is 3. The molecule has 4 N–H and O–H groups in total. The quantitative estimate of drug-likeness (QED) is 0.551. The van der Waals surface area contributed by atoms with Gasteiger partial charge in [0.25, 0.3) is 0 Å². The molecule has 5 heteroatoms. The Hall–Kier alpha value is -2.06. The third-order valence-corrected chi connectivity index (χ3v) is 3.44. The minimum atomic E-state index is 0.0280. The van der Waals surface area contributed by atoms with E-state index >= 15 is 0 Å². The third-order valence-electron chi connectivity index (χ3n) is 3.44. The van der Waals surface area contributed by atoms with Gasteiger partial charge in [0.15, 0.2) is 0 Å². The van der Waals surface area contributed by atoms with Crippen molar-refractivity contribution in [3.63, 3.8) is 0 Å². The van der Waals surface area contributed by atoms with E-state index in [0.717, 1.165) is 25.3 Å². The molecular weight excluding hydrogens is 238 g/mol. The minimum Gasteiger partial charge on any atom is -0.397 e. The maximum Gasteiger partial charge on any atom is 0.101 e. The van der Waals surface area contributed by atoms with Crippen molar-refractivity contribution in [3.05, 3.63) is 23.3 Å². The monoisotopic (exact) mass is 257 g/mol. The second kappa shape index (κ2) is 4.90. The van der Waals surface area contributed by atoms with E-state index in [4.69, 9.17) is 16.4 Å². The second-order valence-electron chi connectivity index (χ2n) is 5.45. The molecule has 0 aromatic heterocycles. The van der Waals surface area contributed by atoms with Gasteiger partial charge < -0.3 is 21.4 Å². The lowest BCUT2D eigenvalue weighted by atomic mass is 9.99. The number of nitrogens with one attached hydrogen (secondary N) is 2. The predicted octanol–water partition coefficient (Wildman–Crippen LogP) is 1.33. The Balaban J connectivity index is 2.43. The molecule has 0 radical (unpaired) electrons. The lowest BCUT2D eigenvalue weighted by Gasteiger charge is -2.41. The van der Waals surface area contributed by atoms with Crippen LogP contribution in [-0.4, -0.2) is 31.4 Å². The first-order valence-electron chi connectivity index (χ1n) is 6.31. The van der Waals surface area contributed by atoms with Crippen molar-refractivity contribution >= 4 is 17.6 Å². The number of nitrogens with zero attached hydrogens (tertiary/aromatic N) is 2. The van der Waals surface area contributed by atoms with Crippen LogP contribution < -0.4 is 16.0 Å². The summed E-state index contributed by atoms with van der Waals surface area (Å²) in [6.45, 7) is 6.91. The lowest BCUT2D eigenvalue weighted by Crippen LogP contribution is -2.57. The van der Waals surface area contributed by atoms with Crippen molar-refractivity contribution in [1.29, 1.82) is 10.7 Å². The van der Waals surface area contributed by atoms with Gasteiger partial charge >= 0.3 is 0 Å². The van der Waals surface area contributed by atoms with E-state index in [2.05, 4.69) is 30.1 Å². The lowest BCUT2D eigenvalue weighted by molar-refractivity contribution is 0.353. The molecule has 1 saturated heterocycles. The molecule has 0 saturated carbocycles. The Morgan fingerprint density at radius 2 is 2.26 bits per heavy atom. The smallest absolute Gasteiger partial charge is 0.101 e. The molecule has 0 aliphatic carbocycles. The SMILES string of the molecule is CC1(C)CN(c2ccc(C#N)c(N)c2C=N)CCN1. The summed E-state index contributed by atoms with van der Waals surface area (Å²) in [6, 6.07) is 5.67. The first-order chi connectivity index (χ1) is 8.98. The van der Waals surface area contributed by atoms with Gasteiger partial charge in [-0.1, -0.05) is 0 Å². The summed E-state index contributed by atoms with van der Waals surface area (Å²) in [5.74, 6) is 0. The van der Waals surface area contributed by atoms with Crippen molar-refractivity contribution in [2.45, 2.75) is 19.4 Å². The highest BCUT2D eigenvalue weighted by molar-refractivity contribution is 5.95. The average Bonchev–Trinajstić information content (AvgIpc) is 2.37. The maximum atomic E-state index is 8.99. The van der Waals surface area contributed by atoms with Crippen LogP contribution >= 0.6 is 0 Å². The standard InChI is InChI=1S/C14H19N5/c1-14(2)9-19(6-5-18-14)12-4-3-10(7-15)13(17)11(12)8-16/h3-4,8,16,18H,5-6,9,17H2,1-2H3. The first kappa shape index (κ1) is 13.4. The average molecular weight is 257 g/mol. The van der Waals surface area contributed by atoms with Crippen molar-refractivity contribution in [2.75, 3.05) is 30.3 Å². The molecular formula is C14H19N5. The van der Waals surface area contributed by atoms with Crippen LogP contribution in [0.25, 0.3) is 0 Å². The zero-order valence-corrected chi connectivity index (χ0v) is 11.3. The molecule has 1 aromatic carbocycles. The van der Waals surface area contributed by atoms with Crippen molar-refractivity contribution in [3.8, 4) is 6.07 Å². The topological polar surface area (TPSA) is 88.9 Å². The summed E-state index contributed by atoms with van der Waals surface area (Å²) in [4.78, 5) is 2.22. The Labute approximate surface area is 113 Å². The van der Waals surface area contributed by atoms with Gasteiger partial charge in [-0.05, 0) is 26.0 Å². The molecule has 0 amide bonds. The summed E-state index contributed by atoms with van der Waals surface area (Å²) in [7, 11) is 0. The number of hydrogen-bond acceptors (Lipinski definition) is 5. The van der Waals surface area contributed by atoms with Gasteiger partial charge in [-0.3, -0.25) is 0 Å². The Bertz CT molecular complexity index is 542. The van der Waals surface area contributed by atoms with Gasteiger partial charge in [0.1, 0.15) is 6.07 Å². The highest BCUT2D eigenvalue weighted by atomic mass is 15.2. The summed E-state index contributed by atoms with van der Waals surface area (Å²) in [5.41, 5.74) is 8.38. The third kappa shape index (κ3) is 2.54. The molecule has 0 unspecified atom stereocenters. The van der Waals surface area contributed by atoms with Gasteiger partial charge in [-0.15, -0.1) is 0 Å². The van der Waals surface area contributed by atoms with E-state index in [9.17, 15) is 0 Å². The molecule has 1 aliphatic heterocycles. The minimum absolute atomic E-state index is 0.0280. The first-order valence-corrected chi connectivity index (χ1v) is 6.31. The number of benzene rings is 1. The highest BCUT2D eigenvalue weighted by Gasteiger charge is 2.27. The van der Waals surface area contributed by atoms with Gasteiger partial charge in [0.2, 0.25) is 0 Å². The van der Waals surface area contributed by atoms with Crippen LogP contribution in [0.2, 0.25) is 0 Å². The van der Waals surface area contributed by atoms with Crippen molar-refractivity contribution < 1.29 is 0 Å². The fraction of sp³-hybridized carbons (Fsp3) is 0.429. The van der Waals surface area contributed by atoms with E-state index in [0.29, 0.717) is 16.8 Å². The summed E-state index contributed by atoms with van der Waals surface area (Å²) < 4.78 is 0. The molecule has 1 fully saturated rings. The molecule has 1 heterocycles. The number of nitrogens with two attached hydrogens (primary N) is 1. The van der Waals surface area contributed by atoms with Crippen LogP contribution in [0.5, 0.6) is 0 Å². The molecule has 0 bridgehead atoms.